The Balaban J connectivity index is 1.56. The molecule has 1 atom stereocenters. The SMILES string of the molecule is CCN1CCCC1CNc1nc(Nc2ccc(OC)c(C(F)(F)F)c2)nc(NC2CCCCCC2)n1. The number of hydrogen-bond donors (Lipinski definition) is 3. The molecular formula is C25H36F3N7O. The monoisotopic (exact) mass is 507 g/mol. The fraction of sp³-hybridized carbons (Fsp3) is 0.640. The molecule has 198 valence electrons. The minimum absolute atomic E-state index is 0.181. The molecule has 2 heterocycles. The molecule has 1 saturated carbocycles. The quantitative estimate of drug-likeness (QED) is 0.374. The highest BCUT2D eigenvalue weighted by molar-refractivity contribution is 5.59. The molecular weight excluding hydrogens is 471 g/mol. The fourth-order valence-electron chi connectivity index (χ4n) is 5.07. The number of aromatic nitrogens is 3. The summed E-state index contributed by atoms with van der Waals surface area (Å²) in [5.41, 5.74) is -0.645. The number of ether oxygens (including phenoxy) is 1. The van der Waals surface area contributed by atoms with E-state index >= 15 is 0 Å². The molecule has 2 aromatic rings. The predicted octanol–water partition coefficient (Wildman–Crippen LogP) is 5.67. The summed E-state index contributed by atoms with van der Waals surface area (Å²) in [6.45, 7) is 4.92. The van der Waals surface area contributed by atoms with Crippen LogP contribution in [0.2, 0.25) is 0 Å². The van der Waals surface area contributed by atoms with Gasteiger partial charge in [-0.1, -0.05) is 32.6 Å². The second kappa shape index (κ2) is 11.9. The maximum Gasteiger partial charge on any atom is 0.420 e. The second-order valence-electron chi connectivity index (χ2n) is 9.48. The average Bonchev–Trinajstić information content (AvgIpc) is 3.16. The molecule has 1 aliphatic heterocycles. The Morgan fingerprint density at radius 1 is 0.972 bits per heavy atom. The van der Waals surface area contributed by atoms with Gasteiger partial charge in [-0.3, -0.25) is 4.90 Å². The van der Waals surface area contributed by atoms with Gasteiger partial charge in [0.1, 0.15) is 5.75 Å². The fourth-order valence-corrected chi connectivity index (χ4v) is 5.07. The van der Waals surface area contributed by atoms with Crippen LogP contribution in [0.3, 0.4) is 0 Å². The number of alkyl halides is 3. The summed E-state index contributed by atoms with van der Waals surface area (Å²) in [6, 6.07) is 4.47. The van der Waals surface area contributed by atoms with E-state index in [9.17, 15) is 13.2 Å². The molecule has 8 nitrogen and oxygen atoms in total. The Bertz CT molecular complexity index is 996. The van der Waals surface area contributed by atoms with Gasteiger partial charge in [-0.2, -0.15) is 28.1 Å². The lowest BCUT2D eigenvalue weighted by Crippen LogP contribution is -2.35. The van der Waals surface area contributed by atoms with E-state index < -0.39 is 11.7 Å². The highest BCUT2D eigenvalue weighted by Gasteiger charge is 2.34. The van der Waals surface area contributed by atoms with Gasteiger partial charge < -0.3 is 20.7 Å². The summed E-state index contributed by atoms with van der Waals surface area (Å²) < 4.78 is 45.4. The van der Waals surface area contributed by atoms with Crippen LogP contribution in [0.15, 0.2) is 18.2 Å². The highest BCUT2D eigenvalue weighted by atomic mass is 19.4. The maximum atomic E-state index is 13.5. The lowest BCUT2D eigenvalue weighted by atomic mass is 10.1. The largest absolute Gasteiger partial charge is 0.496 e. The van der Waals surface area contributed by atoms with E-state index in [0.29, 0.717) is 24.5 Å². The zero-order chi connectivity index (χ0) is 25.5. The number of likely N-dealkylation sites (tertiary alicyclic amines) is 1. The highest BCUT2D eigenvalue weighted by Crippen LogP contribution is 2.38. The summed E-state index contributed by atoms with van der Waals surface area (Å²) in [6.07, 6.45) is 4.56. The summed E-state index contributed by atoms with van der Waals surface area (Å²) in [5, 5.41) is 9.71. The van der Waals surface area contributed by atoms with E-state index in [2.05, 4.69) is 42.7 Å². The molecule has 1 unspecified atom stereocenters. The molecule has 1 aromatic heterocycles. The van der Waals surface area contributed by atoms with Gasteiger partial charge in [0.05, 0.1) is 12.7 Å². The summed E-state index contributed by atoms with van der Waals surface area (Å²) in [4.78, 5) is 16.0. The van der Waals surface area contributed by atoms with Crippen LogP contribution in [0.4, 0.5) is 36.7 Å². The Labute approximate surface area is 210 Å². The molecule has 0 amide bonds. The van der Waals surface area contributed by atoms with Gasteiger partial charge in [-0.05, 0) is 57.0 Å². The number of methoxy groups -OCH3 is 1. The summed E-state index contributed by atoms with van der Waals surface area (Å²) in [5.74, 6) is 0.765. The molecule has 4 rings (SSSR count). The molecule has 0 spiro atoms. The Morgan fingerprint density at radius 2 is 1.69 bits per heavy atom. The normalized spacial score (nSPS) is 19.6. The summed E-state index contributed by atoms with van der Waals surface area (Å²) >= 11 is 0. The number of halogens is 3. The first-order valence-electron chi connectivity index (χ1n) is 12.9. The van der Waals surface area contributed by atoms with Crippen molar-refractivity contribution in [2.24, 2.45) is 0 Å². The van der Waals surface area contributed by atoms with Crippen LogP contribution in [-0.2, 0) is 6.18 Å². The molecule has 0 bridgehead atoms. The molecule has 11 heteroatoms. The van der Waals surface area contributed by atoms with Crippen molar-refractivity contribution in [2.45, 2.75) is 76.6 Å². The van der Waals surface area contributed by atoms with Crippen LogP contribution in [0.1, 0.15) is 63.9 Å². The van der Waals surface area contributed by atoms with Gasteiger partial charge >= 0.3 is 6.18 Å². The zero-order valence-corrected chi connectivity index (χ0v) is 21.0. The van der Waals surface area contributed by atoms with Gasteiger partial charge in [0, 0.05) is 24.3 Å². The lowest BCUT2D eigenvalue weighted by Gasteiger charge is -2.23. The van der Waals surface area contributed by atoms with E-state index in [4.69, 9.17) is 4.74 Å². The third-order valence-electron chi connectivity index (χ3n) is 6.99. The van der Waals surface area contributed by atoms with Crippen molar-refractivity contribution in [3.8, 4) is 5.75 Å². The van der Waals surface area contributed by atoms with Crippen molar-refractivity contribution in [3.63, 3.8) is 0 Å². The van der Waals surface area contributed by atoms with Crippen LogP contribution in [0.5, 0.6) is 5.75 Å². The first-order chi connectivity index (χ1) is 17.4. The topological polar surface area (TPSA) is 87.2 Å². The lowest BCUT2D eigenvalue weighted by molar-refractivity contribution is -0.138. The Kier molecular flexibility index (Phi) is 8.71. The van der Waals surface area contributed by atoms with E-state index in [1.54, 1.807) is 0 Å². The van der Waals surface area contributed by atoms with Crippen LogP contribution in [-0.4, -0.2) is 58.7 Å². The number of nitrogens with one attached hydrogen (secondary N) is 3. The standard InChI is InChI=1S/C25H36F3N7O/c1-3-35-14-8-11-19(35)16-29-22-32-23(30-17-9-6-4-5-7-10-17)34-24(33-22)31-18-12-13-21(36-2)20(15-18)25(26,27)28/h12-13,15,17,19H,3-11,14,16H2,1-2H3,(H3,29,30,31,32,33,34). The number of hydrogen-bond acceptors (Lipinski definition) is 8. The molecule has 1 aromatic carbocycles. The van der Waals surface area contributed by atoms with Crippen molar-refractivity contribution in [2.75, 3.05) is 42.7 Å². The zero-order valence-electron chi connectivity index (χ0n) is 21.0. The maximum absolute atomic E-state index is 13.5. The molecule has 2 aliphatic rings. The Morgan fingerprint density at radius 3 is 2.39 bits per heavy atom. The minimum Gasteiger partial charge on any atom is -0.496 e. The van der Waals surface area contributed by atoms with Crippen molar-refractivity contribution < 1.29 is 17.9 Å². The van der Waals surface area contributed by atoms with E-state index in [0.717, 1.165) is 57.7 Å². The van der Waals surface area contributed by atoms with Crippen LogP contribution >= 0.6 is 0 Å². The van der Waals surface area contributed by atoms with Crippen LogP contribution in [0, 0.1) is 0 Å². The van der Waals surface area contributed by atoms with E-state index in [1.807, 2.05) is 0 Å². The van der Waals surface area contributed by atoms with Gasteiger partial charge in [0.25, 0.3) is 0 Å². The number of nitrogens with zero attached hydrogens (tertiary/aromatic N) is 4. The average molecular weight is 508 g/mol. The van der Waals surface area contributed by atoms with Crippen molar-refractivity contribution in [3.05, 3.63) is 23.8 Å². The third-order valence-corrected chi connectivity index (χ3v) is 6.99. The second-order valence-corrected chi connectivity index (χ2v) is 9.48. The Hall–Kier alpha value is -2.82. The molecule has 1 aliphatic carbocycles. The van der Waals surface area contributed by atoms with Crippen LogP contribution in [0.25, 0.3) is 0 Å². The van der Waals surface area contributed by atoms with Gasteiger partial charge in [0.2, 0.25) is 17.8 Å². The summed E-state index contributed by atoms with van der Waals surface area (Å²) in [7, 11) is 1.22. The number of anilines is 4. The van der Waals surface area contributed by atoms with E-state index in [1.165, 1.54) is 32.1 Å². The van der Waals surface area contributed by atoms with Gasteiger partial charge in [-0.25, -0.2) is 0 Å². The van der Waals surface area contributed by atoms with Crippen molar-refractivity contribution >= 4 is 23.5 Å². The molecule has 3 N–H and O–H groups in total. The number of benzene rings is 1. The number of likely N-dealkylation sites (N-methyl/N-ethyl adjacent to an activating group) is 1. The van der Waals surface area contributed by atoms with Crippen molar-refractivity contribution in [1.82, 2.24) is 19.9 Å². The molecule has 2 fully saturated rings. The predicted molar refractivity (Wildman–Crippen MR) is 135 cm³/mol. The van der Waals surface area contributed by atoms with Crippen LogP contribution < -0.4 is 20.7 Å². The number of rotatable bonds is 9. The first kappa shape index (κ1) is 26.2. The first-order valence-corrected chi connectivity index (χ1v) is 12.9. The minimum atomic E-state index is -4.55. The van der Waals surface area contributed by atoms with Gasteiger partial charge in [-0.15, -0.1) is 0 Å². The molecule has 36 heavy (non-hydrogen) atoms. The van der Waals surface area contributed by atoms with Crippen molar-refractivity contribution in [1.29, 1.82) is 0 Å². The third kappa shape index (κ3) is 6.89. The van der Waals surface area contributed by atoms with E-state index in [-0.39, 0.29) is 23.4 Å². The smallest absolute Gasteiger partial charge is 0.420 e. The molecule has 0 radical (unpaired) electrons. The molecule has 1 saturated heterocycles. The van der Waals surface area contributed by atoms with Gasteiger partial charge in [0.15, 0.2) is 0 Å².